The smallest absolute Gasteiger partial charge is 0.228 e. The normalized spacial score (nSPS) is 10.2. The van der Waals surface area contributed by atoms with E-state index in [0.717, 1.165) is 15.6 Å². The number of nitrogens with zero attached hydrogens (tertiary/aromatic N) is 1. The van der Waals surface area contributed by atoms with Crippen LogP contribution in [0.5, 0.6) is 5.75 Å². The van der Waals surface area contributed by atoms with Crippen LogP contribution >= 0.6 is 27.5 Å². The second-order valence-electron chi connectivity index (χ2n) is 6.05. The minimum Gasteiger partial charge on any atom is -0.489 e. The average molecular weight is 456 g/mol. The standard InChI is InChI=1S/C22H16BrClN2O2/c23-20-12-18(26-22(27)11-16-3-1-2-4-21(16)24)8-7-17(20)14-28-19-9-5-15(13-25)6-10-19/h1-10,12H,11,14H2,(H,26,27). The lowest BCUT2D eigenvalue weighted by molar-refractivity contribution is -0.115. The molecule has 0 saturated heterocycles. The molecule has 0 fully saturated rings. The molecule has 0 unspecified atom stereocenters. The van der Waals surface area contributed by atoms with E-state index in [2.05, 4.69) is 27.3 Å². The monoisotopic (exact) mass is 454 g/mol. The van der Waals surface area contributed by atoms with E-state index >= 15 is 0 Å². The van der Waals surface area contributed by atoms with Crippen LogP contribution in [0.15, 0.2) is 71.2 Å². The minimum atomic E-state index is -0.137. The van der Waals surface area contributed by atoms with Gasteiger partial charge in [-0.1, -0.05) is 51.8 Å². The maximum atomic E-state index is 12.3. The first-order valence-corrected chi connectivity index (χ1v) is 9.67. The Labute approximate surface area is 176 Å². The predicted molar refractivity (Wildman–Crippen MR) is 113 cm³/mol. The number of halogens is 2. The molecule has 0 spiro atoms. The number of carbonyl (C=O) groups is 1. The SMILES string of the molecule is N#Cc1ccc(OCc2ccc(NC(=O)Cc3ccccc3Cl)cc2Br)cc1. The van der Waals surface area contributed by atoms with Gasteiger partial charge in [-0.25, -0.2) is 0 Å². The molecule has 0 aromatic heterocycles. The topological polar surface area (TPSA) is 62.1 Å². The Bertz CT molecular complexity index is 1030. The number of hydrogen-bond donors (Lipinski definition) is 1. The fourth-order valence-electron chi connectivity index (χ4n) is 2.55. The van der Waals surface area contributed by atoms with Crippen LogP contribution in [-0.4, -0.2) is 5.91 Å². The summed E-state index contributed by atoms with van der Waals surface area (Å²) in [5.74, 6) is 0.546. The summed E-state index contributed by atoms with van der Waals surface area (Å²) < 4.78 is 6.57. The number of nitrogens with one attached hydrogen (secondary N) is 1. The number of ether oxygens (including phenoxy) is 1. The summed E-state index contributed by atoms with van der Waals surface area (Å²) in [6.07, 6.45) is 0.209. The zero-order chi connectivity index (χ0) is 19.9. The molecule has 0 aliphatic carbocycles. The molecule has 140 valence electrons. The summed E-state index contributed by atoms with van der Waals surface area (Å²) in [6, 6.07) is 21.9. The van der Waals surface area contributed by atoms with Gasteiger partial charge in [0.25, 0.3) is 0 Å². The van der Waals surface area contributed by atoms with Gasteiger partial charge in [-0.2, -0.15) is 5.26 Å². The molecule has 0 heterocycles. The Morgan fingerprint density at radius 2 is 1.82 bits per heavy atom. The molecule has 1 N–H and O–H groups in total. The average Bonchev–Trinajstić information content (AvgIpc) is 2.69. The van der Waals surface area contributed by atoms with Gasteiger partial charge in [0.05, 0.1) is 18.1 Å². The Morgan fingerprint density at radius 3 is 2.50 bits per heavy atom. The molecule has 1 amide bonds. The molecule has 4 nitrogen and oxygen atoms in total. The first kappa shape index (κ1) is 19.9. The molecule has 0 saturated carbocycles. The van der Waals surface area contributed by atoms with Gasteiger partial charge >= 0.3 is 0 Å². The molecule has 0 aliphatic rings. The van der Waals surface area contributed by atoms with Crippen molar-refractivity contribution in [2.24, 2.45) is 0 Å². The van der Waals surface area contributed by atoms with Crippen molar-refractivity contribution in [1.29, 1.82) is 5.26 Å². The van der Waals surface area contributed by atoms with Gasteiger partial charge in [-0.15, -0.1) is 0 Å². The summed E-state index contributed by atoms with van der Waals surface area (Å²) >= 11 is 9.62. The van der Waals surface area contributed by atoms with Gasteiger partial charge in [0, 0.05) is 20.7 Å². The van der Waals surface area contributed by atoms with E-state index in [1.54, 1.807) is 30.3 Å². The minimum absolute atomic E-state index is 0.137. The molecule has 3 aromatic carbocycles. The van der Waals surface area contributed by atoms with Crippen molar-refractivity contribution in [3.8, 4) is 11.8 Å². The second kappa shape index (κ2) is 9.41. The molecular formula is C22H16BrClN2O2. The van der Waals surface area contributed by atoms with Crippen LogP contribution in [0.1, 0.15) is 16.7 Å². The summed E-state index contributed by atoms with van der Waals surface area (Å²) in [7, 11) is 0. The zero-order valence-corrected chi connectivity index (χ0v) is 17.1. The highest BCUT2D eigenvalue weighted by atomic mass is 79.9. The summed E-state index contributed by atoms with van der Waals surface area (Å²) in [5.41, 5.74) is 3.00. The lowest BCUT2D eigenvalue weighted by Gasteiger charge is -2.11. The van der Waals surface area contributed by atoms with Crippen molar-refractivity contribution >= 4 is 39.1 Å². The van der Waals surface area contributed by atoms with Crippen molar-refractivity contribution in [2.45, 2.75) is 13.0 Å². The highest BCUT2D eigenvalue weighted by Gasteiger charge is 2.09. The second-order valence-corrected chi connectivity index (χ2v) is 7.31. The van der Waals surface area contributed by atoms with E-state index in [1.165, 1.54) is 0 Å². The van der Waals surface area contributed by atoms with Crippen LogP contribution in [0.2, 0.25) is 5.02 Å². The lowest BCUT2D eigenvalue weighted by atomic mass is 10.1. The van der Waals surface area contributed by atoms with E-state index in [9.17, 15) is 4.79 Å². The van der Waals surface area contributed by atoms with E-state index in [-0.39, 0.29) is 12.3 Å². The van der Waals surface area contributed by atoms with Crippen molar-refractivity contribution in [1.82, 2.24) is 0 Å². The van der Waals surface area contributed by atoms with E-state index in [4.69, 9.17) is 21.6 Å². The quantitative estimate of drug-likeness (QED) is 0.516. The molecule has 28 heavy (non-hydrogen) atoms. The van der Waals surface area contributed by atoms with Gasteiger partial charge < -0.3 is 10.1 Å². The third kappa shape index (κ3) is 5.35. The third-order valence-corrected chi connectivity index (χ3v) is 5.13. The van der Waals surface area contributed by atoms with Gasteiger partial charge in [-0.05, 0) is 48.0 Å². The van der Waals surface area contributed by atoms with E-state index < -0.39 is 0 Å². The molecule has 0 aliphatic heterocycles. The highest BCUT2D eigenvalue weighted by molar-refractivity contribution is 9.10. The van der Waals surface area contributed by atoms with Crippen molar-refractivity contribution in [2.75, 3.05) is 5.32 Å². The number of rotatable bonds is 6. The lowest BCUT2D eigenvalue weighted by Crippen LogP contribution is -2.14. The predicted octanol–water partition coefficient (Wildman–Crippen LogP) is 5.73. The number of carbonyl (C=O) groups excluding carboxylic acids is 1. The van der Waals surface area contributed by atoms with Crippen molar-refractivity contribution in [3.05, 3.63) is 92.9 Å². The van der Waals surface area contributed by atoms with Gasteiger partial charge in [-0.3, -0.25) is 4.79 Å². The number of benzene rings is 3. The van der Waals surface area contributed by atoms with Gasteiger partial charge in [0.2, 0.25) is 5.91 Å². The third-order valence-electron chi connectivity index (χ3n) is 4.02. The molecule has 3 rings (SSSR count). The van der Waals surface area contributed by atoms with Crippen LogP contribution in [0, 0.1) is 11.3 Å². The Kier molecular flexibility index (Phi) is 6.70. The maximum absolute atomic E-state index is 12.3. The molecule has 6 heteroatoms. The molecule has 0 bridgehead atoms. The molecular weight excluding hydrogens is 440 g/mol. The summed E-state index contributed by atoms with van der Waals surface area (Å²) in [4.78, 5) is 12.3. The molecule has 3 aromatic rings. The number of anilines is 1. The summed E-state index contributed by atoms with van der Waals surface area (Å²) in [6.45, 7) is 0.361. The van der Waals surface area contributed by atoms with Crippen LogP contribution in [0.3, 0.4) is 0 Å². The van der Waals surface area contributed by atoms with Crippen molar-refractivity contribution < 1.29 is 9.53 Å². The first-order valence-electron chi connectivity index (χ1n) is 8.50. The largest absolute Gasteiger partial charge is 0.489 e. The fraction of sp³-hybridized carbons (Fsp3) is 0.0909. The molecule has 0 atom stereocenters. The van der Waals surface area contributed by atoms with Gasteiger partial charge in [0.1, 0.15) is 12.4 Å². The first-order chi connectivity index (χ1) is 13.5. The molecule has 0 radical (unpaired) electrons. The number of amides is 1. The van der Waals surface area contributed by atoms with Crippen LogP contribution in [0.25, 0.3) is 0 Å². The van der Waals surface area contributed by atoms with Crippen LogP contribution in [-0.2, 0) is 17.8 Å². The Morgan fingerprint density at radius 1 is 1.07 bits per heavy atom. The highest BCUT2D eigenvalue weighted by Crippen LogP contribution is 2.24. The maximum Gasteiger partial charge on any atom is 0.228 e. The Hall–Kier alpha value is -2.81. The zero-order valence-electron chi connectivity index (χ0n) is 14.8. The van der Waals surface area contributed by atoms with Gasteiger partial charge in [0.15, 0.2) is 0 Å². The van der Waals surface area contributed by atoms with Crippen LogP contribution in [0.4, 0.5) is 5.69 Å². The van der Waals surface area contributed by atoms with Crippen LogP contribution < -0.4 is 10.1 Å². The number of hydrogen-bond acceptors (Lipinski definition) is 3. The number of nitriles is 1. The van der Waals surface area contributed by atoms with Crippen molar-refractivity contribution in [3.63, 3.8) is 0 Å². The van der Waals surface area contributed by atoms with E-state index in [1.807, 2.05) is 36.4 Å². The fourth-order valence-corrected chi connectivity index (χ4v) is 3.24. The Balaban J connectivity index is 1.59. The van der Waals surface area contributed by atoms with E-state index in [0.29, 0.717) is 28.6 Å². The summed E-state index contributed by atoms with van der Waals surface area (Å²) in [5, 5.41) is 12.3.